The smallest absolute Gasteiger partial charge is 0.0929 e. The molecule has 0 radical (unpaired) electrons. The van der Waals surface area contributed by atoms with Crippen molar-refractivity contribution < 1.29 is 0 Å². The first kappa shape index (κ1) is 10.4. The SMILES string of the molecule is Cc1nccnc1-c1ccc(Cl)cc1Cl. The van der Waals surface area contributed by atoms with E-state index in [4.69, 9.17) is 23.2 Å². The largest absolute Gasteiger partial charge is 0.258 e. The number of nitrogens with zero attached hydrogens (tertiary/aromatic N) is 2. The lowest BCUT2D eigenvalue weighted by Gasteiger charge is -2.05. The van der Waals surface area contributed by atoms with Crippen LogP contribution in [-0.2, 0) is 0 Å². The lowest BCUT2D eigenvalue weighted by atomic mass is 10.1. The van der Waals surface area contributed by atoms with E-state index >= 15 is 0 Å². The van der Waals surface area contributed by atoms with E-state index in [2.05, 4.69) is 9.97 Å². The third kappa shape index (κ3) is 2.11. The van der Waals surface area contributed by atoms with E-state index in [0.29, 0.717) is 10.0 Å². The van der Waals surface area contributed by atoms with E-state index < -0.39 is 0 Å². The van der Waals surface area contributed by atoms with E-state index in [1.165, 1.54) is 0 Å². The molecule has 0 saturated heterocycles. The van der Waals surface area contributed by atoms with Gasteiger partial charge in [0, 0.05) is 23.0 Å². The van der Waals surface area contributed by atoms with Crippen LogP contribution in [0.25, 0.3) is 11.3 Å². The topological polar surface area (TPSA) is 25.8 Å². The van der Waals surface area contributed by atoms with Crippen LogP contribution >= 0.6 is 23.2 Å². The van der Waals surface area contributed by atoms with Gasteiger partial charge >= 0.3 is 0 Å². The number of aromatic nitrogens is 2. The molecule has 0 atom stereocenters. The Kier molecular flexibility index (Phi) is 2.89. The number of rotatable bonds is 1. The normalized spacial score (nSPS) is 10.3. The zero-order chi connectivity index (χ0) is 10.8. The van der Waals surface area contributed by atoms with E-state index in [1.807, 2.05) is 13.0 Å². The van der Waals surface area contributed by atoms with Gasteiger partial charge in [0.2, 0.25) is 0 Å². The van der Waals surface area contributed by atoms with Gasteiger partial charge in [0.1, 0.15) is 0 Å². The van der Waals surface area contributed by atoms with Crippen LogP contribution in [-0.4, -0.2) is 9.97 Å². The molecule has 76 valence electrons. The maximum absolute atomic E-state index is 6.08. The van der Waals surface area contributed by atoms with Gasteiger partial charge in [-0.1, -0.05) is 23.2 Å². The summed E-state index contributed by atoms with van der Waals surface area (Å²) in [5, 5.41) is 1.20. The van der Waals surface area contributed by atoms with Gasteiger partial charge < -0.3 is 0 Å². The summed E-state index contributed by atoms with van der Waals surface area (Å²) in [6.45, 7) is 1.90. The second-order valence-electron chi connectivity index (χ2n) is 3.11. The molecule has 0 saturated carbocycles. The summed E-state index contributed by atoms with van der Waals surface area (Å²) in [4.78, 5) is 8.41. The quantitative estimate of drug-likeness (QED) is 0.757. The van der Waals surface area contributed by atoms with Crippen LogP contribution in [0, 0.1) is 6.92 Å². The number of hydrogen-bond acceptors (Lipinski definition) is 2. The molecule has 15 heavy (non-hydrogen) atoms. The minimum atomic E-state index is 0.589. The van der Waals surface area contributed by atoms with Crippen molar-refractivity contribution in [2.75, 3.05) is 0 Å². The van der Waals surface area contributed by atoms with E-state index in [0.717, 1.165) is 17.0 Å². The molecule has 0 aliphatic heterocycles. The molecule has 0 spiro atoms. The number of hydrogen-bond donors (Lipinski definition) is 0. The molecular weight excluding hydrogens is 231 g/mol. The van der Waals surface area contributed by atoms with Crippen LogP contribution in [0.3, 0.4) is 0 Å². The summed E-state index contributed by atoms with van der Waals surface area (Å²) in [5.41, 5.74) is 2.49. The average Bonchev–Trinajstić information content (AvgIpc) is 2.20. The maximum Gasteiger partial charge on any atom is 0.0929 e. The van der Waals surface area contributed by atoms with Crippen molar-refractivity contribution in [3.63, 3.8) is 0 Å². The van der Waals surface area contributed by atoms with Crippen molar-refractivity contribution in [2.24, 2.45) is 0 Å². The molecule has 0 N–H and O–H groups in total. The van der Waals surface area contributed by atoms with E-state index in [-0.39, 0.29) is 0 Å². The lowest BCUT2D eigenvalue weighted by Crippen LogP contribution is -1.91. The van der Waals surface area contributed by atoms with Crippen molar-refractivity contribution in [1.29, 1.82) is 0 Å². The molecule has 4 heteroatoms. The van der Waals surface area contributed by atoms with Crippen molar-refractivity contribution in [3.05, 3.63) is 46.3 Å². The first-order valence-electron chi connectivity index (χ1n) is 4.41. The molecule has 2 aromatic rings. The predicted octanol–water partition coefficient (Wildman–Crippen LogP) is 3.76. The van der Waals surface area contributed by atoms with Gasteiger partial charge in [0.25, 0.3) is 0 Å². The highest BCUT2D eigenvalue weighted by Gasteiger charge is 2.08. The van der Waals surface area contributed by atoms with Crippen LogP contribution in [0.1, 0.15) is 5.69 Å². The van der Waals surface area contributed by atoms with E-state index in [1.54, 1.807) is 24.5 Å². The summed E-state index contributed by atoms with van der Waals surface area (Å²) in [6.07, 6.45) is 3.30. The Labute approximate surface area is 97.9 Å². The Morgan fingerprint density at radius 1 is 1.07 bits per heavy atom. The molecule has 0 aliphatic rings. The maximum atomic E-state index is 6.08. The molecule has 0 unspecified atom stereocenters. The molecule has 0 bridgehead atoms. The lowest BCUT2D eigenvalue weighted by molar-refractivity contribution is 1.12. The highest BCUT2D eigenvalue weighted by Crippen LogP contribution is 2.29. The van der Waals surface area contributed by atoms with Crippen molar-refractivity contribution >= 4 is 23.2 Å². The third-order valence-electron chi connectivity index (χ3n) is 2.07. The van der Waals surface area contributed by atoms with Crippen LogP contribution < -0.4 is 0 Å². The number of halogens is 2. The molecule has 1 aromatic carbocycles. The number of aryl methyl sites for hydroxylation is 1. The molecule has 0 aliphatic carbocycles. The van der Waals surface area contributed by atoms with Crippen LogP contribution in [0.5, 0.6) is 0 Å². The molecule has 2 nitrogen and oxygen atoms in total. The van der Waals surface area contributed by atoms with Crippen LogP contribution in [0.2, 0.25) is 10.0 Å². The standard InChI is InChI=1S/C11H8Cl2N2/c1-7-11(15-5-4-14-7)9-3-2-8(12)6-10(9)13/h2-6H,1H3. The van der Waals surface area contributed by atoms with Crippen molar-refractivity contribution in [1.82, 2.24) is 9.97 Å². The first-order valence-corrected chi connectivity index (χ1v) is 5.17. The van der Waals surface area contributed by atoms with Gasteiger partial charge in [-0.05, 0) is 25.1 Å². The van der Waals surface area contributed by atoms with E-state index in [9.17, 15) is 0 Å². The van der Waals surface area contributed by atoms with Gasteiger partial charge in [-0.3, -0.25) is 9.97 Å². The molecule has 0 amide bonds. The minimum Gasteiger partial charge on any atom is -0.258 e. The van der Waals surface area contributed by atoms with Crippen molar-refractivity contribution in [3.8, 4) is 11.3 Å². The number of benzene rings is 1. The Balaban J connectivity index is 2.60. The molecular formula is C11H8Cl2N2. The predicted molar refractivity (Wildman–Crippen MR) is 62.2 cm³/mol. The summed E-state index contributed by atoms with van der Waals surface area (Å²) in [7, 11) is 0. The monoisotopic (exact) mass is 238 g/mol. The van der Waals surface area contributed by atoms with Gasteiger partial charge in [-0.15, -0.1) is 0 Å². The Bertz CT molecular complexity index is 498. The van der Waals surface area contributed by atoms with Crippen molar-refractivity contribution in [2.45, 2.75) is 6.92 Å². The van der Waals surface area contributed by atoms with Crippen LogP contribution in [0.4, 0.5) is 0 Å². The summed E-state index contributed by atoms with van der Waals surface area (Å²) < 4.78 is 0. The minimum absolute atomic E-state index is 0.589. The summed E-state index contributed by atoms with van der Waals surface area (Å²) in [6, 6.07) is 5.34. The van der Waals surface area contributed by atoms with Crippen LogP contribution in [0.15, 0.2) is 30.6 Å². The van der Waals surface area contributed by atoms with Gasteiger partial charge in [0.15, 0.2) is 0 Å². The molecule has 0 fully saturated rings. The molecule has 1 heterocycles. The van der Waals surface area contributed by atoms with Gasteiger partial charge in [-0.25, -0.2) is 0 Å². The fourth-order valence-corrected chi connectivity index (χ4v) is 1.85. The molecule has 1 aromatic heterocycles. The Morgan fingerprint density at radius 2 is 1.80 bits per heavy atom. The summed E-state index contributed by atoms with van der Waals surface area (Å²) in [5.74, 6) is 0. The average molecular weight is 239 g/mol. The van der Waals surface area contributed by atoms with Gasteiger partial charge in [-0.2, -0.15) is 0 Å². The highest BCUT2D eigenvalue weighted by atomic mass is 35.5. The first-order chi connectivity index (χ1) is 7.18. The fraction of sp³-hybridized carbons (Fsp3) is 0.0909. The Hall–Kier alpha value is -1.12. The zero-order valence-corrected chi connectivity index (χ0v) is 9.55. The second-order valence-corrected chi connectivity index (χ2v) is 3.96. The third-order valence-corrected chi connectivity index (χ3v) is 2.62. The highest BCUT2D eigenvalue weighted by molar-refractivity contribution is 6.36. The van der Waals surface area contributed by atoms with Gasteiger partial charge in [0.05, 0.1) is 16.4 Å². The fourth-order valence-electron chi connectivity index (χ4n) is 1.35. The summed E-state index contributed by atoms with van der Waals surface area (Å²) >= 11 is 11.9. The Morgan fingerprint density at radius 3 is 2.47 bits per heavy atom. The molecule has 2 rings (SSSR count). The zero-order valence-electron chi connectivity index (χ0n) is 8.04. The second kappa shape index (κ2) is 4.17.